The first-order valence-electron chi connectivity index (χ1n) is 3.63. The molecule has 0 aromatic heterocycles. The molecule has 0 amide bonds. The first-order valence-corrected chi connectivity index (χ1v) is 4.01. The van der Waals surface area contributed by atoms with Crippen LogP contribution >= 0.6 is 11.6 Å². The Labute approximate surface area is 83.9 Å². The minimum Gasteiger partial charge on any atom is -0.291 e. The average molecular weight is 214 g/mol. The number of benzene rings is 1. The summed E-state index contributed by atoms with van der Waals surface area (Å²) in [6.07, 6.45) is -2.18. The molecule has 1 aromatic carbocycles. The standard InChI is InChI=1S/C8H5ClFN3O/c9-6-3-1-5(2-4-6)7(14)8(10)12-13-11/h1-4,8H. The summed E-state index contributed by atoms with van der Waals surface area (Å²) in [4.78, 5) is 13.4. The maximum absolute atomic E-state index is 12.8. The van der Waals surface area contributed by atoms with E-state index in [9.17, 15) is 9.18 Å². The third-order valence-electron chi connectivity index (χ3n) is 1.50. The molecule has 0 fully saturated rings. The Bertz CT molecular complexity index is 386. The van der Waals surface area contributed by atoms with Gasteiger partial charge in [0.25, 0.3) is 0 Å². The number of carbonyl (C=O) groups is 1. The first-order chi connectivity index (χ1) is 6.65. The molecule has 0 aliphatic carbocycles. The number of nitrogens with zero attached hydrogens (tertiary/aromatic N) is 3. The van der Waals surface area contributed by atoms with Crippen molar-refractivity contribution in [3.05, 3.63) is 45.3 Å². The molecule has 72 valence electrons. The van der Waals surface area contributed by atoms with Crippen LogP contribution in [-0.4, -0.2) is 12.1 Å². The highest BCUT2D eigenvalue weighted by Gasteiger charge is 2.16. The third kappa shape index (κ3) is 2.45. The predicted octanol–water partition coefficient (Wildman–Crippen LogP) is 3.13. The van der Waals surface area contributed by atoms with Gasteiger partial charge in [0.2, 0.25) is 12.1 Å². The van der Waals surface area contributed by atoms with Gasteiger partial charge in [-0.15, -0.1) is 0 Å². The summed E-state index contributed by atoms with van der Waals surface area (Å²) in [5, 5.41) is 3.10. The lowest BCUT2D eigenvalue weighted by atomic mass is 10.1. The maximum Gasteiger partial charge on any atom is 0.241 e. The number of carbonyl (C=O) groups excluding carboxylic acids is 1. The van der Waals surface area contributed by atoms with Crippen molar-refractivity contribution in [3.8, 4) is 0 Å². The monoisotopic (exact) mass is 213 g/mol. The smallest absolute Gasteiger partial charge is 0.241 e. The molecule has 1 atom stereocenters. The second kappa shape index (κ2) is 4.60. The fourth-order valence-electron chi connectivity index (χ4n) is 0.849. The van der Waals surface area contributed by atoms with E-state index in [0.29, 0.717) is 5.02 Å². The molecular formula is C8H5ClFN3O. The molecule has 0 radical (unpaired) electrons. The van der Waals surface area contributed by atoms with Gasteiger partial charge in [0, 0.05) is 15.5 Å². The number of ketones is 1. The number of halogens is 2. The fourth-order valence-corrected chi connectivity index (χ4v) is 0.975. The highest BCUT2D eigenvalue weighted by molar-refractivity contribution is 6.30. The van der Waals surface area contributed by atoms with Gasteiger partial charge in [-0.25, -0.2) is 4.39 Å². The van der Waals surface area contributed by atoms with Crippen LogP contribution in [0.5, 0.6) is 0 Å². The van der Waals surface area contributed by atoms with Crippen molar-refractivity contribution in [2.45, 2.75) is 6.30 Å². The summed E-state index contributed by atoms with van der Waals surface area (Å²) in [5.41, 5.74) is 8.04. The van der Waals surface area contributed by atoms with Crippen LogP contribution in [0.4, 0.5) is 4.39 Å². The Morgan fingerprint density at radius 3 is 2.57 bits per heavy atom. The predicted molar refractivity (Wildman–Crippen MR) is 49.8 cm³/mol. The lowest BCUT2D eigenvalue weighted by Gasteiger charge is -2.00. The molecule has 14 heavy (non-hydrogen) atoms. The zero-order chi connectivity index (χ0) is 10.6. The molecule has 0 spiro atoms. The van der Waals surface area contributed by atoms with E-state index in [-0.39, 0.29) is 5.56 Å². The van der Waals surface area contributed by atoms with Crippen molar-refractivity contribution in [2.24, 2.45) is 5.11 Å². The average Bonchev–Trinajstić information content (AvgIpc) is 2.18. The minimum absolute atomic E-state index is 0.120. The van der Waals surface area contributed by atoms with Crippen LogP contribution in [0.2, 0.25) is 5.02 Å². The molecule has 0 saturated heterocycles. The van der Waals surface area contributed by atoms with E-state index >= 15 is 0 Å². The summed E-state index contributed by atoms with van der Waals surface area (Å²) in [5.74, 6) is -0.875. The topological polar surface area (TPSA) is 65.8 Å². The fraction of sp³-hybridized carbons (Fsp3) is 0.125. The Morgan fingerprint density at radius 2 is 2.07 bits per heavy atom. The molecule has 1 rings (SSSR count). The van der Waals surface area contributed by atoms with Gasteiger partial charge in [0.1, 0.15) is 0 Å². The molecule has 4 nitrogen and oxygen atoms in total. The highest BCUT2D eigenvalue weighted by atomic mass is 35.5. The zero-order valence-corrected chi connectivity index (χ0v) is 7.65. The Balaban J connectivity index is 2.89. The number of rotatable bonds is 3. The molecule has 1 aromatic rings. The summed E-state index contributed by atoms with van der Waals surface area (Å²) in [7, 11) is 0. The molecule has 6 heteroatoms. The van der Waals surface area contributed by atoms with Gasteiger partial charge in [0.05, 0.1) is 0 Å². The van der Waals surface area contributed by atoms with Gasteiger partial charge in [-0.05, 0) is 34.9 Å². The Kier molecular flexibility index (Phi) is 3.45. The third-order valence-corrected chi connectivity index (χ3v) is 1.75. The molecule has 0 aliphatic heterocycles. The normalized spacial score (nSPS) is 11.6. The van der Waals surface area contributed by atoms with Gasteiger partial charge >= 0.3 is 0 Å². The van der Waals surface area contributed by atoms with Crippen molar-refractivity contribution >= 4 is 17.4 Å². The van der Waals surface area contributed by atoms with Crippen molar-refractivity contribution in [1.82, 2.24) is 0 Å². The lowest BCUT2D eigenvalue weighted by molar-refractivity contribution is 0.0883. The van der Waals surface area contributed by atoms with Gasteiger partial charge in [-0.1, -0.05) is 11.6 Å². The van der Waals surface area contributed by atoms with Crippen molar-refractivity contribution in [3.63, 3.8) is 0 Å². The van der Waals surface area contributed by atoms with E-state index in [1.165, 1.54) is 24.3 Å². The van der Waals surface area contributed by atoms with Crippen LogP contribution in [-0.2, 0) is 0 Å². The van der Waals surface area contributed by atoms with Crippen LogP contribution in [0.15, 0.2) is 29.4 Å². The molecule has 1 unspecified atom stereocenters. The van der Waals surface area contributed by atoms with Crippen molar-refractivity contribution in [2.75, 3.05) is 0 Å². The number of hydrogen-bond donors (Lipinski definition) is 0. The van der Waals surface area contributed by atoms with Crippen LogP contribution in [0.3, 0.4) is 0 Å². The summed E-state index contributed by atoms with van der Waals surface area (Å²) >= 11 is 5.57. The van der Waals surface area contributed by atoms with Gasteiger partial charge in [-0.2, -0.15) is 0 Å². The van der Waals surface area contributed by atoms with Crippen LogP contribution in [0, 0.1) is 0 Å². The first kappa shape index (κ1) is 10.5. The molecular weight excluding hydrogens is 209 g/mol. The Hall–Kier alpha value is -1.58. The molecule has 0 heterocycles. The Morgan fingerprint density at radius 1 is 1.50 bits per heavy atom. The molecule has 0 saturated carbocycles. The van der Waals surface area contributed by atoms with Crippen LogP contribution in [0.1, 0.15) is 10.4 Å². The zero-order valence-electron chi connectivity index (χ0n) is 6.89. The van der Waals surface area contributed by atoms with Gasteiger partial charge < -0.3 is 0 Å². The van der Waals surface area contributed by atoms with E-state index in [2.05, 4.69) is 10.0 Å². The van der Waals surface area contributed by atoms with E-state index in [4.69, 9.17) is 17.1 Å². The van der Waals surface area contributed by atoms with E-state index in [1.54, 1.807) is 0 Å². The maximum atomic E-state index is 12.8. The van der Waals surface area contributed by atoms with Crippen LogP contribution < -0.4 is 0 Å². The number of azide groups is 1. The number of Topliss-reactive ketones (excluding diaryl/α,β-unsaturated/α-hetero) is 1. The largest absolute Gasteiger partial charge is 0.291 e. The van der Waals surface area contributed by atoms with Crippen molar-refractivity contribution in [1.29, 1.82) is 0 Å². The van der Waals surface area contributed by atoms with E-state index < -0.39 is 12.1 Å². The lowest BCUT2D eigenvalue weighted by Crippen LogP contribution is -2.12. The summed E-state index contributed by atoms with van der Waals surface area (Å²) in [6.45, 7) is 0. The minimum atomic E-state index is -2.18. The SMILES string of the molecule is [N-]=[N+]=NC(F)C(=O)c1ccc(Cl)cc1. The van der Waals surface area contributed by atoms with Gasteiger partial charge in [-0.3, -0.25) is 4.79 Å². The molecule has 0 N–H and O–H groups in total. The highest BCUT2D eigenvalue weighted by Crippen LogP contribution is 2.12. The molecule has 0 aliphatic rings. The van der Waals surface area contributed by atoms with Gasteiger partial charge in [0.15, 0.2) is 0 Å². The quantitative estimate of drug-likeness (QED) is 0.250. The van der Waals surface area contributed by atoms with Crippen LogP contribution in [0.25, 0.3) is 10.4 Å². The van der Waals surface area contributed by atoms with E-state index in [1.807, 2.05) is 0 Å². The summed E-state index contributed by atoms with van der Waals surface area (Å²) < 4.78 is 12.8. The summed E-state index contributed by atoms with van der Waals surface area (Å²) in [6, 6.07) is 5.64. The number of alkyl halides is 1. The number of hydrogen-bond acceptors (Lipinski definition) is 2. The second-order valence-electron chi connectivity index (χ2n) is 2.41. The van der Waals surface area contributed by atoms with E-state index in [0.717, 1.165) is 0 Å². The second-order valence-corrected chi connectivity index (χ2v) is 2.85. The van der Waals surface area contributed by atoms with Crippen molar-refractivity contribution < 1.29 is 9.18 Å². The molecule has 0 bridgehead atoms.